The quantitative estimate of drug-likeness (QED) is 0.799. The van der Waals surface area contributed by atoms with E-state index in [9.17, 15) is 4.79 Å². The van der Waals surface area contributed by atoms with E-state index in [2.05, 4.69) is 16.7 Å². The summed E-state index contributed by atoms with van der Waals surface area (Å²) in [5, 5.41) is 8.60. The van der Waals surface area contributed by atoms with Crippen LogP contribution < -0.4 is 0 Å². The maximum atomic E-state index is 10.5. The summed E-state index contributed by atoms with van der Waals surface area (Å²) in [5.74, 6) is -0.773. The van der Waals surface area contributed by atoms with E-state index in [1.807, 2.05) is 0 Å². The molecule has 2 saturated heterocycles. The first-order valence-electron chi connectivity index (χ1n) is 7.99. The Balaban J connectivity index is 1.63. The zero-order valence-electron chi connectivity index (χ0n) is 12.6. The summed E-state index contributed by atoms with van der Waals surface area (Å²) in [6.07, 6.45) is 5.06. The Labute approximate surface area is 121 Å². The van der Waals surface area contributed by atoms with Gasteiger partial charge in [-0.15, -0.1) is 0 Å². The van der Waals surface area contributed by atoms with Gasteiger partial charge in [0.15, 0.2) is 0 Å². The van der Waals surface area contributed by atoms with Crippen molar-refractivity contribution in [1.29, 1.82) is 0 Å². The van der Waals surface area contributed by atoms with Gasteiger partial charge in [0, 0.05) is 19.1 Å². The average molecular weight is 284 g/mol. The Morgan fingerprint density at radius 1 is 1.15 bits per heavy atom. The maximum absolute atomic E-state index is 10.5. The van der Waals surface area contributed by atoms with E-state index in [0.29, 0.717) is 6.61 Å². The molecule has 5 heteroatoms. The number of hydrogen-bond donors (Lipinski definition) is 1. The largest absolute Gasteiger partial charge is 0.481 e. The molecule has 5 nitrogen and oxygen atoms in total. The summed E-state index contributed by atoms with van der Waals surface area (Å²) in [7, 11) is 0. The highest BCUT2D eigenvalue weighted by Gasteiger charge is 2.27. The van der Waals surface area contributed by atoms with Gasteiger partial charge in [-0.05, 0) is 45.3 Å². The van der Waals surface area contributed by atoms with Crippen LogP contribution in [-0.2, 0) is 9.53 Å². The lowest BCUT2D eigenvalue weighted by atomic mass is 9.99. The number of rotatable bonds is 6. The van der Waals surface area contributed by atoms with E-state index < -0.39 is 5.97 Å². The fraction of sp³-hybridized carbons (Fsp3) is 0.933. The third-order valence-electron chi connectivity index (χ3n) is 4.67. The molecule has 1 N–H and O–H groups in total. The summed E-state index contributed by atoms with van der Waals surface area (Å²) >= 11 is 0. The lowest BCUT2D eigenvalue weighted by molar-refractivity contribution is -0.138. The van der Waals surface area contributed by atoms with Crippen molar-refractivity contribution in [2.45, 2.75) is 51.2 Å². The fourth-order valence-corrected chi connectivity index (χ4v) is 3.32. The summed E-state index contributed by atoms with van der Waals surface area (Å²) in [6.45, 7) is 8.44. The van der Waals surface area contributed by atoms with Crippen LogP contribution in [0.25, 0.3) is 0 Å². The van der Waals surface area contributed by atoms with Crippen molar-refractivity contribution in [3.8, 4) is 0 Å². The lowest BCUT2D eigenvalue weighted by Gasteiger charge is -2.41. The summed E-state index contributed by atoms with van der Waals surface area (Å²) < 4.78 is 5.65. The van der Waals surface area contributed by atoms with Gasteiger partial charge in [-0.3, -0.25) is 4.79 Å². The molecule has 0 bridgehead atoms. The van der Waals surface area contributed by atoms with Crippen LogP contribution in [0, 0.1) is 0 Å². The zero-order valence-corrected chi connectivity index (χ0v) is 12.6. The van der Waals surface area contributed by atoms with Gasteiger partial charge in [0.05, 0.1) is 19.1 Å². The van der Waals surface area contributed by atoms with Gasteiger partial charge < -0.3 is 19.6 Å². The average Bonchev–Trinajstić information content (AvgIpc) is 2.48. The van der Waals surface area contributed by atoms with Crippen LogP contribution in [0.2, 0.25) is 0 Å². The van der Waals surface area contributed by atoms with E-state index in [4.69, 9.17) is 9.84 Å². The van der Waals surface area contributed by atoms with Crippen molar-refractivity contribution >= 4 is 5.97 Å². The van der Waals surface area contributed by atoms with Gasteiger partial charge in [-0.2, -0.15) is 0 Å². The molecule has 0 spiro atoms. The van der Waals surface area contributed by atoms with Crippen LogP contribution >= 0.6 is 0 Å². The van der Waals surface area contributed by atoms with Gasteiger partial charge in [0.1, 0.15) is 0 Å². The molecule has 0 aliphatic carbocycles. The Morgan fingerprint density at radius 3 is 2.35 bits per heavy atom. The standard InChI is InChI=1S/C15H28N2O3/c1-2-16-8-3-13(4-9-16)17-10-5-14(6-11-17)20-12-7-15(18)19/h13-14H,2-12H2,1H3,(H,18,19). The van der Waals surface area contributed by atoms with Crippen LogP contribution in [0.5, 0.6) is 0 Å². The van der Waals surface area contributed by atoms with Crippen LogP contribution in [0.1, 0.15) is 39.0 Å². The maximum Gasteiger partial charge on any atom is 0.305 e. The molecule has 2 fully saturated rings. The van der Waals surface area contributed by atoms with Crippen molar-refractivity contribution in [1.82, 2.24) is 9.80 Å². The molecule has 0 atom stereocenters. The first kappa shape index (κ1) is 15.7. The predicted molar refractivity (Wildman–Crippen MR) is 77.9 cm³/mol. The molecule has 116 valence electrons. The van der Waals surface area contributed by atoms with Gasteiger partial charge in [-0.25, -0.2) is 0 Å². The number of nitrogens with zero attached hydrogens (tertiary/aromatic N) is 2. The van der Waals surface area contributed by atoms with E-state index >= 15 is 0 Å². The van der Waals surface area contributed by atoms with Crippen LogP contribution in [0.3, 0.4) is 0 Å². The van der Waals surface area contributed by atoms with Crippen molar-refractivity contribution in [3.05, 3.63) is 0 Å². The molecule has 20 heavy (non-hydrogen) atoms. The van der Waals surface area contributed by atoms with Crippen molar-refractivity contribution < 1.29 is 14.6 Å². The molecule has 2 heterocycles. The third-order valence-corrected chi connectivity index (χ3v) is 4.67. The first-order valence-corrected chi connectivity index (χ1v) is 7.99. The normalized spacial score (nSPS) is 24.1. The molecule has 0 aromatic heterocycles. The minimum atomic E-state index is -0.773. The van der Waals surface area contributed by atoms with E-state index in [1.165, 1.54) is 32.5 Å². The molecule has 2 aliphatic rings. The van der Waals surface area contributed by atoms with Crippen molar-refractivity contribution in [3.63, 3.8) is 0 Å². The number of likely N-dealkylation sites (tertiary alicyclic amines) is 2. The SMILES string of the molecule is CCN1CCC(N2CCC(OCCC(=O)O)CC2)CC1. The Kier molecular flexibility index (Phi) is 6.26. The number of carboxylic acid groups (broad SMARTS) is 1. The van der Waals surface area contributed by atoms with Gasteiger partial charge in [0.25, 0.3) is 0 Å². The van der Waals surface area contributed by atoms with E-state index in [-0.39, 0.29) is 12.5 Å². The first-order chi connectivity index (χ1) is 9.69. The van der Waals surface area contributed by atoms with Gasteiger partial charge in [-0.1, -0.05) is 6.92 Å². The highest BCUT2D eigenvalue weighted by Crippen LogP contribution is 2.22. The molecular weight excluding hydrogens is 256 g/mol. The molecule has 0 unspecified atom stereocenters. The second-order valence-corrected chi connectivity index (χ2v) is 5.92. The number of hydrogen-bond acceptors (Lipinski definition) is 4. The minimum Gasteiger partial charge on any atom is -0.481 e. The molecule has 0 saturated carbocycles. The number of piperidine rings is 2. The number of carbonyl (C=O) groups is 1. The summed E-state index contributed by atoms with van der Waals surface area (Å²) in [6, 6.07) is 0.748. The predicted octanol–water partition coefficient (Wildman–Crippen LogP) is 1.43. The topological polar surface area (TPSA) is 53.0 Å². The van der Waals surface area contributed by atoms with E-state index in [1.54, 1.807) is 0 Å². The summed E-state index contributed by atoms with van der Waals surface area (Å²) in [4.78, 5) is 15.6. The second kappa shape index (κ2) is 7.96. The van der Waals surface area contributed by atoms with Crippen LogP contribution in [-0.4, -0.2) is 72.4 Å². The lowest BCUT2D eigenvalue weighted by Crippen LogP contribution is -2.48. The van der Waals surface area contributed by atoms with Gasteiger partial charge >= 0.3 is 5.97 Å². The number of aliphatic carboxylic acids is 1. The molecular formula is C15H28N2O3. The Hall–Kier alpha value is -0.650. The Bertz CT molecular complexity index is 295. The molecule has 2 rings (SSSR count). The van der Waals surface area contributed by atoms with Crippen LogP contribution in [0.4, 0.5) is 0 Å². The van der Waals surface area contributed by atoms with Crippen LogP contribution in [0.15, 0.2) is 0 Å². The molecule has 2 aliphatic heterocycles. The highest BCUT2D eigenvalue weighted by atomic mass is 16.5. The smallest absolute Gasteiger partial charge is 0.305 e. The van der Waals surface area contributed by atoms with Crippen molar-refractivity contribution in [2.24, 2.45) is 0 Å². The minimum absolute atomic E-state index is 0.121. The zero-order chi connectivity index (χ0) is 14.4. The molecule has 0 amide bonds. The highest BCUT2D eigenvalue weighted by molar-refractivity contribution is 5.66. The van der Waals surface area contributed by atoms with Gasteiger partial charge in [0.2, 0.25) is 0 Å². The Morgan fingerprint density at radius 2 is 1.80 bits per heavy atom. The third kappa shape index (κ3) is 4.72. The monoisotopic (exact) mass is 284 g/mol. The molecule has 0 aromatic carbocycles. The van der Waals surface area contributed by atoms with E-state index in [0.717, 1.165) is 32.0 Å². The summed E-state index contributed by atoms with van der Waals surface area (Å²) in [5.41, 5.74) is 0. The van der Waals surface area contributed by atoms with Crippen molar-refractivity contribution in [2.75, 3.05) is 39.3 Å². The molecule has 0 aromatic rings. The molecule has 0 radical (unpaired) electrons. The fourth-order valence-electron chi connectivity index (χ4n) is 3.32. The number of ether oxygens (including phenoxy) is 1. The number of carboxylic acids is 1. The second-order valence-electron chi connectivity index (χ2n) is 5.92.